The number of hydrogen-bond donors (Lipinski definition) is 0. The predicted molar refractivity (Wildman–Crippen MR) is 100 cm³/mol. The van der Waals surface area contributed by atoms with Gasteiger partial charge < -0.3 is 9.47 Å². The molecule has 0 fully saturated rings. The van der Waals surface area contributed by atoms with Crippen molar-refractivity contribution >= 4 is 33.7 Å². The Morgan fingerprint density at radius 3 is 1.74 bits per heavy atom. The molecule has 1 aromatic heterocycles. The molecular weight excluding hydrogens is 344 g/mol. The Hall–Kier alpha value is -3.02. The number of hydrogen-bond acceptors (Lipinski definition) is 6. The van der Waals surface area contributed by atoms with Crippen LogP contribution in [-0.2, 0) is 19.1 Å². The molecule has 6 heteroatoms. The molecule has 0 amide bonds. The molecule has 0 aliphatic heterocycles. The highest BCUT2D eigenvalue weighted by atomic mass is 16.5. The summed E-state index contributed by atoms with van der Waals surface area (Å²) in [6.07, 6.45) is 0.281. The zero-order valence-electron chi connectivity index (χ0n) is 15.3. The fourth-order valence-corrected chi connectivity index (χ4v) is 3.64. The van der Waals surface area contributed by atoms with E-state index in [1.54, 1.807) is 13.8 Å². The summed E-state index contributed by atoms with van der Waals surface area (Å²) < 4.78 is 10.4. The summed E-state index contributed by atoms with van der Waals surface area (Å²) in [5.74, 6) is -1.95. The molecule has 0 radical (unpaired) electrons. The molecule has 0 saturated heterocycles. The summed E-state index contributed by atoms with van der Waals surface area (Å²) in [6, 6.07) is 11.9. The Balaban J connectivity index is 1.88. The first-order valence-electron chi connectivity index (χ1n) is 9.16. The lowest BCUT2D eigenvalue weighted by Gasteiger charge is -2.10. The largest absolute Gasteiger partial charge is 0.465 e. The summed E-state index contributed by atoms with van der Waals surface area (Å²) in [6.45, 7) is 4.07. The summed E-state index contributed by atoms with van der Waals surface area (Å²) in [5.41, 5.74) is 2.45. The number of carbonyl (C=O) groups is 2. The highest BCUT2D eigenvalue weighted by Crippen LogP contribution is 2.42. The van der Waals surface area contributed by atoms with Crippen LogP contribution in [0.1, 0.15) is 43.5 Å². The topological polar surface area (TPSA) is 78.4 Å². The smallest absolute Gasteiger partial charge is 0.315 e. The van der Waals surface area contributed by atoms with Gasteiger partial charge >= 0.3 is 11.9 Å². The molecular formula is C21H20N2O4. The molecule has 0 N–H and O–H groups in total. The van der Waals surface area contributed by atoms with Crippen molar-refractivity contribution in [1.82, 2.24) is 9.97 Å². The Kier molecular flexibility index (Phi) is 4.48. The van der Waals surface area contributed by atoms with Crippen LogP contribution in [0, 0.1) is 0 Å². The molecule has 6 nitrogen and oxygen atoms in total. The van der Waals surface area contributed by atoms with E-state index >= 15 is 0 Å². The fraction of sp³-hybridized carbons (Fsp3) is 0.333. The van der Waals surface area contributed by atoms with Crippen molar-refractivity contribution in [2.45, 2.75) is 32.1 Å². The van der Waals surface area contributed by atoms with Gasteiger partial charge in [-0.25, -0.2) is 9.97 Å². The molecule has 27 heavy (non-hydrogen) atoms. The molecule has 0 bridgehead atoms. The maximum atomic E-state index is 12.4. The Labute approximate surface area is 156 Å². The molecule has 0 saturated carbocycles. The third-order valence-corrected chi connectivity index (χ3v) is 4.86. The van der Waals surface area contributed by atoms with Gasteiger partial charge in [0, 0.05) is 0 Å². The van der Waals surface area contributed by atoms with E-state index in [2.05, 4.69) is 0 Å². The van der Waals surface area contributed by atoms with Crippen LogP contribution in [0.4, 0.5) is 0 Å². The van der Waals surface area contributed by atoms with Gasteiger partial charge in [0.2, 0.25) is 0 Å². The zero-order valence-corrected chi connectivity index (χ0v) is 15.3. The standard InChI is InChI=1S/C21H20N2O4/c1-3-26-20(24)14-11-15(21(25)27-4-2)19-18(14)22-16-9-12-7-5-6-8-13(12)10-17(16)23-19/h5-10,14-15H,3-4,11H2,1-2H3. The number of ether oxygens (including phenoxy) is 2. The minimum Gasteiger partial charge on any atom is -0.465 e. The van der Waals surface area contributed by atoms with Crippen LogP contribution >= 0.6 is 0 Å². The summed E-state index contributed by atoms with van der Waals surface area (Å²) in [5, 5.41) is 2.10. The average Bonchev–Trinajstić information content (AvgIpc) is 3.03. The van der Waals surface area contributed by atoms with Crippen molar-refractivity contribution in [3.05, 3.63) is 47.8 Å². The number of fused-ring (bicyclic) bond motifs is 3. The lowest BCUT2D eigenvalue weighted by Crippen LogP contribution is -2.17. The first-order chi connectivity index (χ1) is 13.1. The second-order valence-electron chi connectivity index (χ2n) is 6.53. The minimum atomic E-state index is -0.599. The highest BCUT2D eigenvalue weighted by molar-refractivity contribution is 5.96. The summed E-state index contributed by atoms with van der Waals surface area (Å²) >= 11 is 0. The van der Waals surface area contributed by atoms with Gasteiger partial charge in [0.1, 0.15) is 11.8 Å². The first kappa shape index (κ1) is 17.4. The quantitative estimate of drug-likeness (QED) is 0.521. The molecule has 2 unspecified atom stereocenters. The molecule has 1 aliphatic rings. The maximum absolute atomic E-state index is 12.4. The third-order valence-electron chi connectivity index (χ3n) is 4.86. The van der Waals surface area contributed by atoms with Gasteiger partial charge in [0.15, 0.2) is 0 Å². The van der Waals surface area contributed by atoms with Gasteiger partial charge in [-0.15, -0.1) is 0 Å². The molecule has 4 rings (SSSR count). The van der Waals surface area contributed by atoms with E-state index in [1.165, 1.54) is 0 Å². The second kappa shape index (κ2) is 6.95. The van der Waals surface area contributed by atoms with E-state index in [4.69, 9.17) is 19.4 Å². The molecule has 3 aromatic rings. The minimum absolute atomic E-state index is 0.278. The average molecular weight is 364 g/mol. The van der Waals surface area contributed by atoms with Gasteiger partial charge in [-0.3, -0.25) is 9.59 Å². The Morgan fingerprint density at radius 2 is 1.33 bits per heavy atom. The molecule has 0 spiro atoms. The van der Waals surface area contributed by atoms with Crippen molar-refractivity contribution in [1.29, 1.82) is 0 Å². The van der Waals surface area contributed by atoms with Gasteiger partial charge in [0.25, 0.3) is 0 Å². The molecule has 1 aliphatic carbocycles. The van der Waals surface area contributed by atoms with Crippen LogP contribution in [0.5, 0.6) is 0 Å². The Bertz CT molecular complexity index is 965. The number of nitrogens with zero attached hydrogens (tertiary/aromatic N) is 2. The van der Waals surface area contributed by atoms with E-state index < -0.39 is 11.8 Å². The predicted octanol–water partition coefficient (Wildman–Crippen LogP) is 3.48. The number of rotatable bonds is 4. The maximum Gasteiger partial charge on any atom is 0.315 e. The van der Waals surface area contributed by atoms with E-state index in [0.717, 1.165) is 10.8 Å². The molecule has 138 valence electrons. The van der Waals surface area contributed by atoms with Crippen molar-refractivity contribution in [2.75, 3.05) is 13.2 Å². The van der Waals surface area contributed by atoms with Crippen molar-refractivity contribution in [3.63, 3.8) is 0 Å². The van der Waals surface area contributed by atoms with Crippen LogP contribution in [0.3, 0.4) is 0 Å². The van der Waals surface area contributed by atoms with Gasteiger partial charge in [-0.2, -0.15) is 0 Å². The fourth-order valence-electron chi connectivity index (χ4n) is 3.64. The number of esters is 2. The molecule has 1 heterocycles. The SMILES string of the molecule is CCOC(=O)C1CC(C(=O)OCC)c2nc3cc4ccccc4cc3nc21. The Morgan fingerprint density at radius 1 is 0.889 bits per heavy atom. The van der Waals surface area contributed by atoms with E-state index in [1.807, 2.05) is 36.4 Å². The van der Waals surface area contributed by atoms with Crippen LogP contribution in [-0.4, -0.2) is 35.1 Å². The van der Waals surface area contributed by atoms with Crippen LogP contribution in [0.15, 0.2) is 36.4 Å². The summed E-state index contributed by atoms with van der Waals surface area (Å²) in [4.78, 5) is 34.3. The third kappa shape index (κ3) is 3.01. The van der Waals surface area contributed by atoms with Gasteiger partial charge in [-0.05, 0) is 43.2 Å². The lowest BCUT2D eigenvalue weighted by molar-refractivity contribution is -0.146. The van der Waals surface area contributed by atoms with E-state index in [-0.39, 0.29) is 31.6 Å². The monoisotopic (exact) mass is 364 g/mol. The van der Waals surface area contributed by atoms with Crippen LogP contribution < -0.4 is 0 Å². The first-order valence-corrected chi connectivity index (χ1v) is 9.16. The number of aromatic nitrogens is 2. The highest BCUT2D eigenvalue weighted by Gasteiger charge is 2.43. The van der Waals surface area contributed by atoms with Crippen molar-refractivity contribution in [2.24, 2.45) is 0 Å². The van der Waals surface area contributed by atoms with Crippen molar-refractivity contribution < 1.29 is 19.1 Å². The number of carbonyl (C=O) groups excluding carboxylic acids is 2. The van der Waals surface area contributed by atoms with Gasteiger partial charge in [-0.1, -0.05) is 24.3 Å². The molecule has 2 atom stereocenters. The number of benzene rings is 2. The second-order valence-corrected chi connectivity index (χ2v) is 6.53. The van der Waals surface area contributed by atoms with E-state index in [9.17, 15) is 9.59 Å². The summed E-state index contributed by atoms with van der Waals surface area (Å²) in [7, 11) is 0. The van der Waals surface area contributed by atoms with E-state index in [0.29, 0.717) is 22.4 Å². The van der Waals surface area contributed by atoms with Crippen molar-refractivity contribution in [3.8, 4) is 0 Å². The van der Waals surface area contributed by atoms with Crippen LogP contribution in [0.2, 0.25) is 0 Å². The van der Waals surface area contributed by atoms with Crippen LogP contribution in [0.25, 0.3) is 21.8 Å². The lowest BCUT2D eigenvalue weighted by atomic mass is 10.0. The molecule has 2 aromatic carbocycles. The normalized spacial score (nSPS) is 18.4. The zero-order chi connectivity index (χ0) is 19.0. The van der Waals surface area contributed by atoms with Gasteiger partial charge in [0.05, 0.1) is 35.6 Å².